The molecule has 134 valence electrons. The van der Waals surface area contributed by atoms with Gasteiger partial charge in [0.05, 0.1) is 19.5 Å². The van der Waals surface area contributed by atoms with Crippen LogP contribution < -0.4 is 5.32 Å². The van der Waals surface area contributed by atoms with Gasteiger partial charge in [-0.2, -0.15) is 10.2 Å². The van der Waals surface area contributed by atoms with Gasteiger partial charge in [-0.3, -0.25) is 19.0 Å². The normalized spacial score (nSPS) is 10.6. The average Bonchev–Trinajstić information content (AvgIpc) is 3.27. The van der Waals surface area contributed by atoms with Gasteiger partial charge in [0.25, 0.3) is 0 Å². The van der Waals surface area contributed by atoms with Gasteiger partial charge in [0.2, 0.25) is 5.91 Å². The quantitative estimate of drug-likeness (QED) is 0.645. The number of amides is 1. The van der Waals surface area contributed by atoms with Crippen molar-refractivity contribution >= 4 is 17.6 Å². The predicted octanol–water partition coefficient (Wildman–Crippen LogP) is 1.98. The van der Waals surface area contributed by atoms with Crippen LogP contribution in [0, 0.1) is 0 Å². The molecule has 8 heteroatoms. The minimum Gasteiger partial charge on any atom is -0.481 e. The van der Waals surface area contributed by atoms with Gasteiger partial charge >= 0.3 is 5.97 Å². The summed E-state index contributed by atoms with van der Waals surface area (Å²) in [6.07, 6.45) is 6.90. The lowest BCUT2D eigenvalue weighted by Crippen LogP contribution is -2.14. The molecule has 0 aliphatic carbocycles. The SMILES string of the molecule is O=C(O)CCC(=O)Nc1cc(Cn2cccn2)cc(Cn2cccn2)c1. The van der Waals surface area contributed by atoms with Gasteiger partial charge in [-0.05, 0) is 35.4 Å². The van der Waals surface area contributed by atoms with Gasteiger partial charge in [0.15, 0.2) is 0 Å². The van der Waals surface area contributed by atoms with Crippen LogP contribution in [0.4, 0.5) is 5.69 Å². The summed E-state index contributed by atoms with van der Waals surface area (Å²) in [7, 11) is 0. The molecular formula is C18H19N5O3. The summed E-state index contributed by atoms with van der Waals surface area (Å²) in [6.45, 7) is 1.13. The van der Waals surface area contributed by atoms with Crippen molar-refractivity contribution in [1.29, 1.82) is 0 Å². The van der Waals surface area contributed by atoms with E-state index in [1.807, 2.05) is 42.7 Å². The topological polar surface area (TPSA) is 102 Å². The molecule has 0 unspecified atom stereocenters. The molecule has 8 nitrogen and oxygen atoms in total. The fraction of sp³-hybridized carbons (Fsp3) is 0.222. The molecule has 2 aromatic heterocycles. The van der Waals surface area contributed by atoms with E-state index in [1.165, 1.54) is 0 Å². The van der Waals surface area contributed by atoms with Crippen molar-refractivity contribution in [1.82, 2.24) is 19.6 Å². The van der Waals surface area contributed by atoms with E-state index < -0.39 is 5.97 Å². The second-order valence-electron chi connectivity index (χ2n) is 5.89. The number of anilines is 1. The molecule has 0 fully saturated rings. The zero-order valence-electron chi connectivity index (χ0n) is 14.1. The van der Waals surface area contributed by atoms with Gasteiger partial charge in [0, 0.05) is 36.9 Å². The first-order valence-corrected chi connectivity index (χ1v) is 8.18. The first-order chi connectivity index (χ1) is 12.6. The molecule has 0 aliphatic rings. The Morgan fingerprint density at radius 2 is 1.50 bits per heavy atom. The number of carboxylic acids is 1. The van der Waals surface area contributed by atoms with Crippen LogP contribution in [0.5, 0.6) is 0 Å². The molecule has 0 atom stereocenters. The minimum absolute atomic E-state index is 0.0623. The van der Waals surface area contributed by atoms with Crippen molar-refractivity contribution in [2.75, 3.05) is 5.32 Å². The van der Waals surface area contributed by atoms with Crippen LogP contribution >= 0.6 is 0 Å². The molecule has 3 rings (SSSR count). The lowest BCUT2D eigenvalue weighted by Gasteiger charge is -2.12. The summed E-state index contributed by atoms with van der Waals surface area (Å²) in [6, 6.07) is 9.47. The maximum absolute atomic E-state index is 12.0. The van der Waals surface area contributed by atoms with Crippen LogP contribution in [0.2, 0.25) is 0 Å². The Morgan fingerprint density at radius 1 is 0.923 bits per heavy atom. The van der Waals surface area contributed by atoms with Crippen molar-refractivity contribution in [3.8, 4) is 0 Å². The molecule has 0 saturated carbocycles. The molecule has 0 saturated heterocycles. The lowest BCUT2D eigenvalue weighted by molar-refractivity contribution is -0.138. The van der Waals surface area contributed by atoms with E-state index in [0.29, 0.717) is 18.8 Å². The largest absolute Gasteiger partial charge is 0.481 e. The fourth-order valence-corrected chi connectivity index (χ4v) is 2.62. The van der Waals surface area contributed by atoms with E-state index in [4.69, 9.17) is 5.11 Å². The number of rotatable bonds is 8. The summed E-state index contributed by atoms with van der Waals surface area (Å²) in [5.74, 6) is -1.32. The Hall–Kier alpha value is -3.42. The summed E-state index contributed by atoms with van der Waals surface area (Å²) in [5.41, 5.74) is 2.59. The summed E-state index contributed by atoms with van der Waals surface area (Å²) < 4.78 is 3.59. The number of carbonyl (C=O) groups excluding carboxylic acids is 1. The number of carboxylic acid groups (broad SMARTS) is 1. The minimum atomic E-state index is -0.994. The fourth-order valence-electron chi connectivity index (χ4n) is 2.62. The van der Waals surface area contributed by atoms with Crippen molar-refractivity contribution in [2.24, 2.45) is 0 Å². The highest BCUT2D eigenvalue weighted by molar-refractivity contribution is 5.92. The van der Waals surface area contributed by atoms with Gasteiger partial charge in [-0.1, -0.05) is 6.07 Å². The first kappa shape index (κ1) is 17.4. The molecule has 0 bridgehead atoms. The summed E-state index contributed by atoms with van der Waals surface area (Å²) in [4.78, 5) is 22.6. The van der Waals surface area contributed by atoms with Crippen LogP contribution in [0.25, 0.3) is 0 Å². The third kappa shape index (κ3) is 5.04. The Kier molecular flexibility index (Phi) is 5.43. The number of carbonyl (C=O) groups is 2. The van der Waals surface area contributed by atoms with Crippen molar-refractivity contribution in [2.45, 2.75) is 25.9 Å². The monoisotopic (exact) mass is 353 g/mol. The van der Waals surface area contributed by atoms with E-state index >= 15 is 0 Å². The zero-order chi connectivity index (χ0) is 18.4. The Bertz CT molecular complexity index is 818. The predicted molar refractivity (Wildman–Crippen MR) is 94.6 cm³/mol. The van der Waals surface area contributed by atoms with E-state index in [1.54, 1.807) is 21.8 Å². The number of aromatic nitrogens is 4. The Labute approximate surface area is 150 Å². The highest BCUT2D eigenvalue weighted by atomic mass is 16.4. The van der Waals surface area contributed by atoms with Gasteiger partial charge in [-0.25, -0.2) is 0 Å². The molecule has 2 N–H and O–H groups in total. The third-order valence-corrected chi connectivity index (χ3v) is 3.71. The van der Waals surface area contributed by atoms with Gasteiger partial charge < -0.3 is 10.4 Å². The molecule has 0 spiro atoms. The molecule has 1 aromatic carbocycles. The maximum atomic E-state index is 12.0. The number of nitrogens with zero attached hydrogens (tertiary/aromatic N) is 4. The molecule has 3 aromatic rings. The lowest BCUT2D eigenvalue weighted by atomic mass is 10.1. The van der Waals surface area contributed by atoms with Crippen molar-refractivity contribution < 1.29 is 14.7 Å². The van der Waals surface area contributed by atoms with Crippen molar-refractivity contribution in [3.63, 3.8) is 0 Å². The van der Waals surface area contributed by atoms with Crippen LogP contribution in [0.15, 0.2) is 55.1 Å². The highest BCUT2D eigenvalue weighted by Crippen LogP contribution is 2.18. The summed E-state index contributed by atoms with van der Waals surface area (Å²) >= 11 is 0. The third-order valence-electron chi connectivity index (χ3n) is 3.71. The highest BCUT2D eigenvalue weighted by Gasteiger charge is 2.09. The van der Waals surface area contributed by atoms with Crippen LogP contribution in [0.1, 0.15) is 24.0 Å². The van der Waals surface area contributed by atoms with Crippen molar-refractivity contribution in [3.05, 3.63) is 66.2 Å². The molecular weight excluding hydrogens is 334 g/mol. The van der Waals surface area contributed by atoms with E-state index in [-0.39, 0.29) is 18.7 Å². The smallest absolute Gasteiger partial charge is 0.303 e. The first-order valence-electron chi connectivity index (χ1n) is 8.18. The second-order valence-corrected chi connectivity index (χ2v) is 5.89. The molecule has 1 amide bonds. The number of nitrogens with one attached hydrogen (secondary N) is 1. The Balaban J connectivity index is 1.79. The number of hydrogen-bond acceptors (Lipinski definition) is 4. The van der Waals surface area contributed by atoms with E-state index in [9.17, 15) is 9.59 Å². The molecule has 26 heavy (non-hydrogen) atoms. The standard InChI is InChI=1S/C18H19N5O3/c24-17(3-4-18(25)26)21-16-10-14(12-22-7-1-5-19-22)9-15(11-16)13-23-8-2-6-20-23/h1-2,5-11H,3-4,12-13H2,(H,21,24)(H,25,26). The maximum Gasteiger partial charge on any atom is 0.303 e. The zero-order valence-corrected chi connectivity index (χ0v) is 14.1. The van der Waals surface area contributed by atoms with E-state index in [2.05, 4.69) is 15.5 Å². The number of hydrogen-bond donors (Lipinski definition) is 2. The molecule has 0 aliphatic heterocycles. The van der Waals surface area contributed by atoms with Crippen LogP contribution in [-0.4, -0.2) is 36.5 Å². The number of benzene rings is 1. The average molecular weight is 353 g/mol. The second kappa shape index (κ2) is 8.11. The van der Waals surface area contributed by atoms with E-state index in [0.717, 1.165) is 11.1 Å². The molecule has 0 radical (unpaired) electrons. The van der Waals surface area contributed by atoms with Crippen LogP contribution in [0.3, 0.4) is 0 Å². The molecule has 2 heterocycles. The van der Waals surface area contributed by atoms with Crippen LogP contribution in [-0.2, 0) is 22.7 Å². The number of aliphatic carboxylic acids is 1. The summed E-state index contributed by atoms with van der Waals surface area (Å²) in [5, 5.41) is 19.9. The van der Waals surface area contributed by atoms with Gasteiger partial charge in [-0.15, -0.1) is 0 Å². The Morgan fingerprint density at radius 3 is 1.96 bits per heavy atom. The van der Waals surface area contributed by atoms with Gasteiger partial charge in [0.1, 0.15) is 0 Å².